The smallest absolute Gasteiger partial charge is 0.216 e. The number of hydrogen-bond acceptors (Lipinski definition) is 1. The molecule has 1 aromatic rings. The Hall–Kier alpha value is -1.53. The standard InChI is InChI=1S/C15H21NOSi/c1-13(17)16-11-6-5-8-14-9-7-10-15(12-14)18(2,3)4/h7,9-10,12H,6,11H2,1-4H3,(H,16,17). The lowest BCUT2D eigenvalue weighted by Crippen LogP contribution is -2.37. The molecule has 96 valence electrons. The Kier molecular flexibility index (Phi) is 5.18. The van der Waals surface area contributed by atoms with Crippen LogP contribution in [0.4, 0.5) is 0 Å². The zero-order valence-corrected chi connectivity index (χ0v) is 12.6. The van der Waals surface area contributed by atoms with E-state index in [4.69, 9.17) is 0 Å². The normalized spacial score (nSPS) is 10.4. The maximum atomic E-state index is 10.7. The molecule has 1 amide bonds. The molecular formula is C15H21NOSi. The van der Waals surface area contributed by atoms with Gasteiger partial charge in [-0.2, -0.15) is 0 Å². The lowest BCUT2D eigenvalue weighted by atomic mass is 10.2. The van der Waals surface area contributed by atoms with Gasteiger partial charge in [0.25, 0.3) is 0 Å². The zero-order valence-electron chi connectivity index (χ0n) is 11.6. The lowest BCUT2D eigenvalue weighted by molar-refractivity contribution is -0.118. The van der Waals surface area contributed by atoms with Crippen molar-refractivity contribution < 1.29 is 4.79 Å². The molecule has 0 aromatic heterocycles. The molecule has 0 saturated heterocycles. The van der Waals surface area contributed by atoms with Crippen molar-refractivity contribution in [3.63, 3.8) is 0 Å². The fourth-order valence-electron chi connectivity index (χ4n) is 1.53. The van der Waals surface area contributed by atoms with Crippen molar-refractivity contribution in [3.8, 4) is 11.8 Å². The molecule has 2 nitrogen and oxygen atoms in total. The molecule has 1 rings (SSSR count). The van der Waals surface area contributed by atoms with Gasteiger partial charge in [0.15, 0.2) is 0 Å². The minimum absolute atomic E-state index is 0.00229. The Bertz CT molecular complexity index is 477. The highest BCUT2D eigenvalue weighted by atomic mass is 28.3. The van der Waals surface area contributed by atoms with Gasteiger partial charge in [0.1, 0.15) is 0 Å². The predicted molar refractivity (Wildman–Crippen MR) is 79.6 cm³/mol. The highest BCUT2D eigenvalue weighted by molar-refractivity contribution is 6.88. The molecule has 0 aliphatic heterocycles. The third-order valence-corrected chi connectivity index (χ3v) is 4.63. The summed E-state index contributed by atoms with van der Waals surface area (Å²) in [4.78, 5) is 10.7. The van der Waals surface area contributed by atoms with Gasteiger partial charge in [0.05, 0.1) is 8.07 Å². The van der Waals surface area contributed by atoms with E-state index in [-0.39, 0.29) is 5.91 Å². The summed E-state index contributed by atoms with van der Waals surface area (Å²) < 4.78 is 0. The van der Waals surface area contributed by atoms with Crippen molar-refractivity contribution in [3.05, 3.63) is 29.8 Å². The molecule has 0 atom stereocenters. The molecule has 1 N–H and O–H groups in total. The van der Waals surface area contributed by atoms with E-state index in [1.807, 2.05) is 6.07 Å². The quantitative estimate of drug-likeness (QED) is 0.503. The Labute approximate surface area is 111 Å². The Balaban J connectivity index is 2.63. The number of amides is 1. The number of nitrogens with one attached hydrogen (secondary N) is 1. The number of carbonyl (C=O) groups excluding carboxylic acids is 1. The molecule has 0 spiro atoms. The van der Waals surface area contributed by atoms with E-state index in [9.17, 15) is 4.79 Å². The van der Waals surface area contributed by atoms with E-state index in [0.717, 1.165) is 5.56 Å². The Morgan fingerprint density at radius 2 is 2.06 bits per heavy atom. The van der Waals surface area contributed by atoms with Crippen LogP contribution in [0.2, 0.25) is 19.6 Å². The van der Waals surface area contributed by atoms with Crippen molar-refractivity contribution in [1.82, 2.24) is 5.32 Å². The number of benzene rings is 1. The molecule has 0 heterocycles. The van der Waals surface area contributed by atoms with E-state index in [2.05, 4.69) is 55.0 Å². The molecule has 0 radical (unpaired) electrons. The highest BCUT2D eigenvalue weighted by Gasteiger charge is 2.15. The van der Waals surface area contributed by atoms with Crippen molar-refractivity contribution in [1.29, 1.82) is 0 Å². The van der Waals surface area contributed by atoms with Gasteiger partial charge < -0.3 is 5.32 Å². The van der Waals surface area contributed by atoms with Crippen LogP contribution in [0.5, 0.6) is 0 Å². The maximum absolute atomic E-state index is 10.7. The van der Waals surface area contributed by atoms with Gasteiger partial charge in [-0.15, -0.1) is 0 Å². The summed E-state index contributed by atoms with van der Waals surface area (Å²) >= 11 is 0. The fraction of sp³-hybridized carbons (Fsp3) is 0.400. The third kappa shape index (κ3) is 5.20. The second-order valence-electron chi connectivity index (χ2n) is 5.37. The molecule has 1 aromatic carbocycles. The molecule has 3 heteroatoms. The fourth-order valence-corrected chi connectivity index (χ4v) is 2.71. The molecule has 0 saturated carbocycles. The Morgan fingerprint density at radius 1 is 1.33 bits per heavy atom. The number of rotatable bonds is 3. The summed E-state index contributed by atoms with van der Waals surface area (Å²) in [5.41, 5.74) is 1.07. The van der Waals surface area contributed by atoms with Gasteiger partial charge in [0, 0.05) is 25.5 Å². The van der Waals surface area contributed by atoms with E-state index in [1.165, 1.54) is 12.1 Å². The SMILES string of the molecule is CC(=O)NCCC#Cc1cccc([Si](C)(C)C)c1. The minimum Gasteiger partial charge on any atom is -0.355 e. The van der Waals surface area contributed by atoms with Crippen LogP contribution in [-0.4, -0.2) is 20.5 Å². The van der Waals surface area contributed by atoms with Crippen LogP contribution < -0.4 is 10.5 Å². The van der Waals surface area contributed by atoms with Gasteiger partial charge in [-0.25, -0.2) is 0 Å². The van der Waals surface area contributed by atoms with E-state index >= 15 is 0 Å². The van der Waals surface area contributed by atoms with Crippen LogP contribution in [-0.2, 0) is 4.79 Å². The van der Waals surface area contributed by atoms with Gasteiger partial charge in [-0.3, -0.25) is 4.79 Å². The van der Waals surface area contributed by atoms with Gasteiger partial charge in [-0.05, 0) is 12.1 Å². The monoisotopic (exact) mass is 259 g/mol. The summed E-state index contributed by atoms with van der Waals surface area (Å²) in [7, 11) is -1.26. The van der Waals surface area contributed by atoms with Crippen molar-refractivity contribution in [2.45, 2.75) is 33.0 Å². The summed E-state index contributed by atoms with van der Waals surface area (Å²) in [5.74, 6) is 6.24. The average molecular weight is 259 g/mol. The minimum atomic E-state index is -1.26. The summed E-state index contributed by atoms with van der Waals surface area (Å²) in [5, 5.41) is 4.16. The van der Waals surface area contributed by atoms with Gasteiger partial charge in [0.2, 0.25) is 5.91 Å². The molecule has 0 bridgehead atoms. The van der Waals surface area contributed by atoms with Crippen LogP contribution in [0.15, 0.2) is 24.3 Å². The predicted octanol–water partition coefficient (Wildman–Crippen LogP) is 2.11. The largest absolute Gasteiger partial charge is 0.355 e. The van der Waals surface area contributed by atoms with E-state index in [1.54, 1.807) is 0 Å². The first kappa shape index (κ1) is 14.5. The van der Waals surface area contributed by atoms with Crippen molar-refractivity contribution in [2.24, 2.45) is 0 Å². The van der Waals surface area contributed by atoms with Crippen LogP contribution >= 0.6 is 0 Å². The van der Waals surface area contributed by atoms with Gasteiger partial charge in [-0.1, -0.05) is 48.8 Å². The highest BCUT2D eigenvalue weighted by Crippen LogP contribution is 2.04. The van der Waals surface area contributed by atoms with Crippen LogP contribution in [0.1, 0.15) is 18.9 Å². The summed E-state index contributed by atoms with van der Waals surface area (Å²) in [6.45, 7) is 9.13. The van der Waals surface area contributed by atoms with Crippen LogP contribution in [0, 0.1) is 11.8 Å². The molecule has 0 fully saturated rings. The van der Waals surface area contributed by atoms with E-state index < -0.39 is 8.07 Å². The Morgan fingerprint density at radius 3 is 2.67 bits per heavy atom. The first-order valence-corrected chi connectivity index (χ1v) is 9.73. The summed E-state index contributed by atoms with van der Waals surface area (Å²) in [6.07, 6.45) is 0.691. The zero-order chi connectivity index (χ0) is 13.6. The maximum Gasteiger partial charge on any atom is 0.216 e. The summed E-state index contributed by atoms with van der Waals surface area (Å²) in [6, 6.07) is 8.49. The van der Waals surface area contributed by atoms with Gasteiger partial charge >= 0.3 is 0 Å². The third-order valence-electron chi connectivity index (χ3n) is 2.59. The molecule has 0 aliphatic carbocycles. The molecule has 18 heavy (non-hydrogen) atoms. The molecular weight excluding hydrogens is 238 g/mol. The van der Waals surface area contributed by atoms with Crippen LogP contribution in [0.25, 0.3) is 0 Å². The van der Waals surface area contributed by atoms with E-state index in [0.29, 0.717) is 13.0 Å². The topological polar surface area (TPSA) is 29.1 Å². The van der Waals surface area contributed by atoms with Crippen molar-refractivity contribution >= 4 is 19.2 Å². The molecule has 0 unspecified atom stereocenters. The van der Waals surface area contributed by atoms with Crippen molar-refractivity contribution in [2.75, 3.05) is 6.54 Å². The first-order chi connectivity index (χ1) is 8.39. The first-order valence-electron chi connectivity index (χ1n) is 6.23. The lowest BCUT2D eigenvalue weighted by Gasteiger charge is -2.16. The molecule has 0 aliphatic rings. The second kappa shape index (κ2) is 6.41. The average Bonchev–Trinajstić information content (AvgIpc) is 2.27. The number of hydrogen-bond donors (Lipinski definition) is 1. The van der Waals surface area contributed by atoms with Crippen LogP contribution in [0.3, 0.4) is 0 Å². The number of carbonyl (C=O) groups is 1. The second-order valence-corrected chi connectivity index (χ2v) is 10.4.